The van der Waals surface area contributed by atoms with Crippen LogP contribution in [0.3, 0.4) is 0 Å². The number of rotatable bonds is 7. The molecule has 0 spiro atoms. The van der Waals surface area contributed by atoms with E-state index >= 15 is 0 Å². The van der Waals surface area contributed by atoms with Gasteiger partial charge in [0.2, 0.25) is 0 Å². The molecule has 21 heavy (non-hydrogen) atoms. The molecular weight excluding hydrogens is 345 g/mol. The first-order chi connectivity index (χ1) is 9.80. The van der Waals surface area contributed by atoms with Crippen LogP contribution in [-0.2, 0) is 17.2 Å². The molecule has 1 atom stereocenters. The zero-order chi connectivity index (χ0) is 16.1. The van der Waals surface area contributed by atoms with E-state index in [0.717, 1.165) is 7.11 Å². The van der Waals surface area contributed by atoms with E-state index in [4.69, 9.17) is 0 Å². The third-order valence-corrected chi connectivity index (χ3v) is 7.02. The number of methoxy groups -OCH3 is 1. The van der Waals surface area contributed by atoms with Gasteiger partial charge in [-0.15, -0.1) is 0 Å². The minimum atomic E-state index is -4.52. The molecule has 0 fully saturated rings. The molecule has 0 amide bonds. The number of nitrogens with zero attached hydrogens (tertiary/aromatic N) is 1. The van der Waals surface area contributed by atoms with Gasteiger partial charge in [-0.25, -0.2) is 0 Å². The number of ether oxygens (including phenoxy) is 1. The van der Waals surface area contributed by atoms with Crippen LogP contribution in [0.4, 0.5) is 0 Å². The van der Waals surface area contributed by atoms with Crippen molar-refractivity contribution in [2.24, 2.45) is 0 Å². The second-order valence-electron chi connectivity index (χ2n) is 4.52. The quantitative estimate of drug-likeness (QED) is 0.312. The van der Waals surface area contributed by atoms with E-state index in [0.29, 0.717) is 0 Å². The van der Waals surface area contributed by atoms with E-state index in [1.54, 1.807) is 18.2 Å². The third-order valence-electron chi connectivity index (χ3n) is 3.39. The van der Waals surface area contributed by atoms with Crippen molar-refractivity contribution in [3.05, 3.63) is 40.4 Å². The second kappa shape index (κ2) is 6.78. The van der Waals surface area contributed by atoms with Gasteiger partial charge in [0.15, 0.2) is 0 Å². The molecule has 116 valence electrons. The maximum absolute atomic E-state index is 12.2. The molecule has 0 unspecified atom stereocenters. The molecule has 1 aromatic rings. The predicted molar refractivity (Wildman–Crippen MR) is 74.7 cm³/mol. The van der Waals surface area contributed by atoms with Crippen LogP contribution in [0.5, 0.6) is 0 Å². The van der Waals surface area contributed by atoms with Crippen LogP contribution >= 0.6 is 0 Å². The van der Waals surface area contributed by atoms with Crippen LogP contribution in [0.1, 0.15) is 19.8 Å². The van der Waals surface area contributed by atoms with E-state index in [1.807, 2.05) is 0 Å². The van der Waals surface area contributed by atoms with Crippen LogP contribution in [0.25, 0.3) is 0 Å². The summed E-state index contributed by atoms with van der Waals surface area (Å²) >= 11 is -4.52. The van der Waals surface area contributed by atoms with Gasteiger partial charge in [-0.2, -0.15) is 0 Å². The molecule has 7 nitrogen and oxygen atoms in total. The minimum absolute atomic E-state index is 0.130. The summed E-state index contributed by atoms with van der Waals surface area (Å²) in [5, 5.41) is 10.8. The first kappa shape index (κ1) is 17.3. The van der Waals surface area contributed by atoms with E-state index in [2.05, 4.69) is 4.74 Å². The Morgan fingerprint density at radius 1 is 1.33 bits per heavy atom. The summed E-state index contributed by atoms with van der Waals surface area (Å²) in [6.07, 6.45) is -0.528. The standard InChI is InChI=1S/C13H17NO6Se/c1-3-13(14(16)17,12(15)20-2)9-10-21(18,19)11-7-5-4-6-8-11/h4-8H,3,9-10H2,1-2H3/t13-/m0/s1. The summed E-state index contributed by atoms with van der Waals surface area (Å²) in [7, 11) is 1.05. The fourth-order valence-electron chi connectivity index (χ4n) is 1.96. The number of benzene rings is 1. The Morgan fingerprint density at radius 2 is 1.90 bits per heavy atom. The molecule has 0 aliphatic carbocycles. The van der Waals surface area contributed by atoms with Crippen molar-refractivity contribution in [2.45, 2.75) is 30.6 Å². The Balaban J connectivity index is 3.02. The predicted octanol–water partition coefficient (Wildman–Crippen LogP) is 1.19. The van der Waals surface area contributed by atoms with Crippen molar-refractivity contribution in [1.29, 1.82) is 0 Å². The molecule has 1 rings (SSSR count). The van der Waals surface area contributed by atoms with Gasteiger partial charge in [0.1, 0.15) is 0 Å². The van der Waals surface area contributed by atoms with Gasteiger partial charge in [-0.3, -0.25) is 0 Å². The Bertz CT molecular complexity index is 613. The molecule has 0 bridgehead atoms. The fourth-order valence-corrected chi connectivity index (χ4v) is 4.92. The van der Waals surface area contributed by atoms with E-state index in [9.17, 15) is 22.6 Å². The molecule has 0 radical (unpaired) electrons. The zero-order valence-electron chi connectivity index (χ0n) is 11.8. The molecule has 0 saturated carbocycles. The molecule has 0 saturated heterocycles. The zero-order valence-corrected chi connectivity index (χ0v) is 13.5. The molecule has 1 aromatic carbocycles. The van der Waals surface area contributed by atoms with Crippen LogP contribution in [0, 0.1) is 10.1 Å². The van der Waals surface area contributed by atoms with Gasteiger partial charge in [-0.05, 0) is 0 Å². The average Bonchev–Trinajstić information content (AvgIpc) is 2.48. The molecule has 0 heterocycles. The summed E-state index contributed by atoms with van der Waals surface area (Å²) in [5.41, 5.74) is -2.01. The Kier molecular flexibility index (Phi) is 5.57. The van der Waals surface area contributed by atoms with Gasteiger partial charge in [0, 0.05) is 0 Å². The van der Waals surface area contributed by atoms with Crippen LogP contribution < -0.4 is 4.46 Å². The molecule has 0 aliphatic rings. The Labute approximate surface area is 124 Å². The normalized spacial score (nSPS) is 14.2. The van der Waals surface area contributed by atoms with Crippen LogP contribution in [0.15, 0.2) is 30.3 Å². The number of nitro groups is 1. The summed E-state index contributed by atoms with van der Waals surface area (Å²) in [6.45, 7) is 1.46. The molecule has 8 heteroatoms. The fraction of sp³-hybridized carbons (Fsp3) is 0.462. The summed E-state index contributed by atoms with van der Waals surface area (Å²) < 4.78 is 29.1. The number of hydrogen-bond donors (Lipinski definition) is 0. The third kappa shape index (κ3) is 3.65. The van der Waals surface area contributed by atoms with Crippen molar-refractivity contribution in [1.82, 2.24) is 0 Å². The SMILES string of the molecule is CC[C@](CC[Se](=O)(=O)c1ccccc1)(C(=O)OC)[N+](=O)[O-]. The Hall–Kier alpha value is -1.79. The van der Waals surface area contributed by atoms with Gasteiger partial charge < -0.3 is 0 Å². The van der Waals surface area contributed by atoms with Crippen molar-refractivity contribution >= 4 is 23.1 Å². The van der Waals surface area contributed by atoms with E-state index < -0.39 is 40.9 Å². The van der Waals surface area contributed by atoms with Crippen molar-refractivity contribution < 1.29 is 22.1 Å². The summed E-state index contributed by atoms with van der Waals surface area (Å²) in [6, 6.07) is 7.73. The first-order valence-corrected chi connectivity index (χ1v) is 9.77. The topological polar surface area (TPSA) is 104 Å². The van der Waals surface area contributed by atoms with Crippen molar-refractivity contribution in [3.8, 4) is 0 Å². The Morgan fingerprint density at radius 3 is 2.33 bits per heavy atom. The summed E-state index contributed by atoms with van der Waals surface area (Å²) in [4.78, 5) is 22.2. The molecular formula is C13H17NO6Se. The van der Waals surface area contributed by atoms with Crippen LogP contribution in [-0.4, -0.2) is 36.3 Å². The average molecular weight is 362 g/mol. The maximum atomic E-state index is 12.2. The summed E-state index contributed by atoms with van der Waals surface area (Å²) in [5.74, 6) is -1.02. The number of esters is 1. The van der Waals surface area contributed by atoms with Gasteiger partial charge >= 0.3 is 123 Å². The molecule has 0 aliphatic heterocycles. The first-order valence-electron chi connectivity index (χ1n) is 6.31. The second-order valence-corrected chi connectivity index (χ2v) is 8.94. The van der Waals surface area contributed by atoms with E-state index in [1.165, 1.54) is 19.1 Å². The van der Waals surface area contributed by atoms with Gasteiger partial charge in [0.25, 0.3) is 0 Å². The number of hydrogen-bond acceptors (Lipinski definition) is 6. The van der Waals surface area contributed by atoms with Crippen molar-refractivity contribution in [2.75, 3.05) is 7.11 Å². The molecule has 0 N–H and O–H groups in total. The van der Waals surface area contributed by atoms with E-state index in [-0.39, 0.29) is 10.9 Å². The van der Waals surface area contributed by atoms with Crippen molar-refractivity contribution in [3.63, 3.8) is 0 Å². The monoisotopic (exact) mass is 363 g/mol. The number of carbonyl (C=O) groups excluding carboxylic acids is 1. The van der Waals surface area contributed by atoms with Gasteiger partial charge in [-0.1, -0.05) is 0 Å². The van der Waals surface area contributed by atoms with Crippen LogP contribution in [0.2, 0.25) is 5.32 Å². The molecule has 0 aromatic heterocycles. The number of carbonyl (C=O) groups is 1. The van der Waals surface area contributed by atoms with Gasteiger partial charge in [0.05, 0.1) is 0 Å².